The highest BCUT2D eigenvalue weighted by Gasteiger charge is 2.34. The third kappa shape index (κ3) is 5.67. The number of rotatable bonds is 6. The standard InChI is InChI=1S/C26H41FO2/c1-16(2)21-10-7-18(5)13-25(21)28-20-9-12-24(23(27)15-20)29-26-14-19(6)8-11-22(26)17(3)4/h9,12,15-19,21-22,25-26H,7-8,10-11,13-14H2,1-6H3. The summed E-state index contributed by atoms with van der Waals surface area (Å²) in [7, 11) is 0. The molecule has 29 heavy (non-hydrogen) atoms. The Hall–Kier alpha value is -1.25. The molecule has 0 heterocycles. The Kier molecular flexibility index (Phi) is 7.51. The van der Waals surface area contributed by atoms with Gasteiger partial charge in [-0.1, -0.05) is 54.4 Å². The first-order valence-corrected chi connectivity index (χ1v) is 11.9. The van der Waals surface area contributed by atoms with Crippen molar-refractivity contribution in [1.29, 1.82) is 0 Å². The zero-order chi connectivity index (χ0) is 21.1. The van der Waals surface area contributed by atoms with Crippen LogP contribution in [-0.2, 0) is 0 Å². The first kappa shape index (κ1) is 22.4. The van der Waals surface area contributed by atoms with E-state index in [2.05, 4.69) is 41.5 Å². The average molecular weight is 405 g/mol. The normalized spacial score (nSPS) is 33.1. The van der Waals surface area contributed by atoms with Gasteiger partial charge in [-0.2, -0.15) is 0 Å². The first-order valence-electron chi connectivity index (χ1n) is 11.9. The van der Waals surface area contributed by atoms with Crippen LogP contribution in [0.4, 0.5) is 4.39 Å². The Balaban J connectivity index is 1.69. The molecule has 3 rings (SSSR count). The molecular formula is C26H41FO2. The molecule has 0 N–H and O–H groups in total. The van der Waals surface area contributed by atoms with Gasteiger partial charge in [0.1, 0.15) is 18.0 Å². The van der Waals surface area contributed by atoms with Gasteiger partial charge in [-0.15, -0.1) is 0 Å². The number of benzene rings is 1. The first-order chi connectivity index (χ1) is 13.7. The monoisotopic (exact) mass is 404 g/mol. The van der Waals surface area contributed by atoms with E-state index in [9.17, 15) is 4.39 Å². The minimum atomic E-state index is -0.298. The van der Waals surface area contributed by atoms with Gasteiger partial charge in [0, 0.05) is 6.07 Å². The lowest BCUT2D eigenvalue weighted by Crippen LogP contribution is -2.37. The summed E-state index contributed by atoms with van der Waals surface area (Å²) in [6.07, 6.45) is 7.22. The van der Waals surface area contributed by atoms with E-state index in [0.29, 0.717) is 47.0 Å². The fraction of sp³-hybridized carbons (Fsp3) is 0.769. The maximum absolute atomic E-state index is 14.9. The Bertz CT molecular complexity index is 656. The van der Waals surface area contributed by atoms with E-state index in [1.54, 1.807) is 6.07 Å². The molecule has 6 unspecified atom stereocenters. The van der Waals surface area contributed by atoms with E-state index >= 15 is 0 Å². The average Bonchev–Trinajstić information content (AvgIpc) is 2.63. The van der Waals surface area contributed by atoms with Crippen LogP contribution in [-0.4, -0.2) is 12.2 Å². The number of hydrogen-bond donors (Lipinski definition) is 0. The molecule has 0 amide bonds. The third-order valence-corrected chi connectivity index (χ3v) is 7.39. The summed E-state index contributed by atoms with van der Waals surface area (Å²) in [6, 6.07) is 5.20. The number of ether oxygens (including phenoxy) is 2. The predicted molar refractivity (Wildman–Crippen MR) is 118 cm³/mol. The molecule has 6 atom stereocenters. The van der Waals surface area contributed by atoms with Crippen molar-refractivity contribution in [3.05, 3.63) is 24.0 Å². The molecule has 0 aromatic heterocycles. The highest BCUT2D eigenvalue weighted by atomic mass is 19.1. The highest BCUT2D eigenvalue weighted by molar-refractivity contribution is 5.33. The van der Waals surface area contributed by atoms with Crippen LogP contribution in [0.3, 0.4) is 0 Å². The zero-order valence-corrected chi connectivity index (χ0v) is 19.3. The molecule has 1 aromatic rings. The van der Waals surface area contributed by atoms with Crippen LogP contribution in [0.25, 0.3) is 0 Å². The Morgan fingerprint density at radius 2 is 1.31 bits per heavy atom. The highest BCUT2D eigenvalue weighted by Crippen LogP contribution is 2.39. The van der Waals surface area contributed by atoms with Gasteiger partial charge < -0.3 is 9.47 Å². The molecule has 2 saturated carbocycles. The zero-order valence-electron chi connectivity index (χ0n) is 19.3. The molecule has 0 aliphatic heterocycles. The summed E-state index contributed by atoms with van der Waals surface area (Å²) >= 11 is 0. The van der Waals surface area contributed by atoms with Crippen LogP contribution in [0.5, 0.6) is 11.5 Å². The minimum Gasteiger partial charge on any atom is -0.490 e. The van der Waals surface area contributed by atoms with Crippen molar-refractivity contribution in [1.82, 2.24) is 0 Å². The van der Waals surface area contributed by atoms with Gasteiger partial charge in [-0.05, 0) is 73.3 Å². The van der Waals surface area contributed by atoms with Crippen molar-refractivity contribution in [3.63, 3.8) is 0 Å². The number of halogens is 1. The fourth-order valence-electron chi connectivity index (χ4n) is 5.49. The van der Waals surface area contributed by atoms with Crippen LogP contribution >= 0.6 is 0 Å². The van der Waals surface area contributed by atoms with Gasteiger partial charge in [-0.3, -0.25) is 0 Å². The van der Waals surface area contributed by atoms with Crippen molar-refractivity contribution in [2.45, 2.75) is 92.3 Å². The lowest BCUT2D eigenvalue weighted by molar-refractivity contribution is 0.0406. The van der Waals surface area contributed by atoms with E-state index in [1.807, 2.05) is 6.07 Å². The second-order valence-electron chi connectivity index (χ2n) is 10.6. The summed E-state index contributed by atoms with van der Waals surface area (Å²) in [5.41, 5.74) is 0. The van der Waals surface area contributed by atoms with Crippen LogP contribution in [0.15, 0.2) is 18.2 Å². The molecule has 1 aromatic carbocycles. The van der Waals surface area contributed by atoms with Crippen LogP contribution < -0.4 is 9.47 Å². The molecular weight excluding hydrogens is 363 g/mol. The molecule has 0 saturated heterocycles. The fourth-order valence-corrected chi connectivity index (χ4v) is 5.49. The summed E-state index contributed by atoms with van der Waals surface area (Å²) in [4.78, 5) is 0. The summed E-state index contributed by atoms with van der Waals surface area (Å²) in [5, 5.41) is 0. The van der Waals surface area contributed by atoms with Crippen molar-refractivity contribution >= 4 is 0 Å². The molecule has 2 fully saturated rings. The van der Waals surface area contributed by atoms with Crippen LogP contribution in [0.2, 0.25) is 0 Å². The van der Waals surface area contributed by atoms with Crippen LogP contribution in [0.1, 0.15) is 80.1 Å². The summed E-state index contributed by atoms with van der Waals surface area (Å²) in [5.74, 6) is 4.20. The molecule has 0 bridgehead atoms. The molecule has 164 valence electrons. The molecule has 2 aliphatic rings. The largest absolute Gasteiger partial charge is 0.490 e. The molecule has 0 spiro atoms. The van der Waals surface area contributed by atoms with Gasteiger partial charge in [-0.25, -0.2) is 4.39 Å². The minimum absolute atomic E-state index is 0.101. The lowest BCUT2D eigenvalue weighted by Gasteiger charge is -2.38. The Morgan fingerprint density at radius 1 is 0.793 bits per heavy atom. The molecule has 2 nitrogen and oxygen atoms in total. The lowest BCUT2D eigenvalue weighted by atomic mass is 9.75. The van der Waals surface area contributed by atoms with Crippen molar-refractivity contribution in [2.24, 2.45) is 35.5 Å². The molecule has 0 radical (unpaired) electrons. The van der Waals surface area contributed by atoms with Gasteiger partial charge >= 0.3 is 0 Å². The second kappa shape index (κ2) is 9.71. The molecule has 3 heteroatoms. The third-order valence-electron chi connectivity index (χ3n) is 7.39. The SMILES string of the molecule is CC1CCC(C(C)C)C(Oc2ccc(OC3CC(C)CCC3C(C)C)c(F)c2)C1. The van der Waals surface area contributed by atoms with Gasteiger partial charge in [0.05, 0.1) is 0 Å². The van der Waals surface area contributed by atoms with Crippen LogP contribution in [0, 0.1) is 41.3 Å². The summed E-state index contributed by atoms with van der Waals surface area (Å²) in [6.45, 7) is 13.6. The van der Waals surface area contributed by atoms with E-state index in [-0.39, 0.29) is 18.0 Å². The quantitative estimate of drug-likeness (QED) is 0.488. The van der Waals surface area contributed by atoms with E-state index in [0.717, 1.165) is 12.8 Å². The predicted octanol–water partition coefficient (Wildman–Crippen LogP) is 7.50. The topological polar surface area (TPSA) is 18.5 Å². The maximum atomic E-state index is 14.9. The van der Waals surface area contributed by atoms with E-state index < -0.39 is 0 Å². The van der Waals surface area contributed by atoms with Gasteiger partial charge in [0.25, 0.3) is 0 Å². The maximum Gasteiger partial charge on any atom is 0.168 e. The second-order valence-corrected chi connectivity index (χ2v) is 10.6. The Labute approximate surface area is 177 Å². The summed E-state index contributed by atoms with van der Waals surface area (Å²) < 4.78 is 27.4. The van der Waals surface area contributed by atoms with Crippen molar-refractivity contribution in [2.75, 3.05) is 0 Å². The van der Waals surface area contributed by atoms with Gasteiger partial charge in [0.15, 0.2) is 11.6 Å². The number of hydrogen-bond acceptors (Lipinski definition) is 2. The van der Waals surface area contributed by atoms with E-state index in [1.165, 1.54) is 31.7 Å². The smallest absolute Gasteiger partial charge is 0.168 e. The van der Waals surface area contributed by atoms with Crippen molar-refractivity contribution in [3.8, 4) is 11.5 Å². The van der Waals surface area contributed by atoms with E-state index in [4.69, 9.17) is 9.47 Å². The Morgan fingerprint density at radius 3 is 1.79 bits per heavy atom. The van der Waals surface area contributed by atoms with Crippen molar-refractivity contribution < 1.29 is 13.9 Å². The van der Waals surface area contributed by atoms with Gasteiger partial charge in [0.2, 0.25) is 0 Å². The molecule has 2 aliphatic carbocycles.